The summed E-state index contributed by atoms with van der Waals surface area (Å²) in [4.78, 5) is 25.6. The first-order valence-corrected chi connectivity index (χ1v) is 7.40. The molecule has 112 valence electrons. The number of benzene rings is 1. The Hall–Kier alpha value is -1.88. The van der Waals surface area contributed by atoms with Crippen molar-refractivity contribution in [2.75, 3.05) is 18.1 Å². The highest BCUT2D eigenvalue weighted by Gasteiger charge is 2.35. The number of aliphatic carboxylic acids is 1. The normalized spacial score (nSPS) is 25.2. The van der Waals surface area contributed by atoms with E-state index in [1.807, 2.05) is 24.3 Å². The first-order chi connectivity index (χ1) is 10.2. The van der Waals surface area contributed by atoms with Gasteiger partial charge in [0.05, 0.1) is 5.92 Å². The van der Waals surface area contributed by atoms with Crippen LogP contribution in [0.1, 0.15) is 24.8 Å². The number of fused-ring (bicyclic) bond motifs is 1. The largest absolute Gasteiger partial charge is 0.481 e. The number of nitrogens with zero attached hydrogens (tertiary/aromatic N) is 1. The Morgan fingerprint density at radius 2 is 2.05 bits per heavy atom. The van der Waals surface area contributed by atoms with Crippen LogP contribution < -0.4 is 4.90 Å². The number of carboxylic acid groups (broad SMARTS) is 1. The first-order valence-electron chi connectivity index (χ1n) is 7.40. The molecular formula is C16H19NO4. The van der Waals surface area contributed by atoms with Crippen LogP contribution in [0.2, 0.25) is 0 Å². The molecule has 0 bridgehead atoms. The number of carbonyl (C=O) groups is 2. The number of carboxylic acids is 1. The van der Waals surface area contributed by atoms with Crippen molar-refractivity contribution in [3.05, 3.63) is 29.8 Å². The summed E-state index contributed by atoms with van der Waals surface area (Å²) in [6.07, 6.45) is 2.72. The summed E-state index contributed by atoms with van der Waals surface area (Å²) in [7, 11) is 0. The molecule has 2 atom stereocenters. The van der Waals surface area contributed by atoms with E-state index in [-0.39, 0.29) is 12.5 Å². The van der Waals surface area contributed by atoms with Crippen molar-refractivity contribution in [2.24, 2.45) is 5.92 Å². The van der Waals surface area contributed by atoms with Crippen LogP contribution in [0.15, 0.2) is 24.3 Å². The maximum Gasteiger partial charge on any atom is 0.308 e. The van der Waals surface area contributed by atoms with E-state index in [9.17, 15) is 14.7 Å². The van der Waals surface area contributed by atoms with Gasteiger partial charge in [0.2, 0.25) is 0 Å². The predicted octanol–water partition coefficient (Wildman–Crippen LogP) is 1.85. The Kier molecular flexibility index (Phi) is 3.92. The summed E-state index contributed by atoms with van der Waals surface area (Å²) in [5.74, 6) is -1.51. The zero-order chi connectivity index (χ0) is 14.8. The lowest BCUT2D eigenvalue weighted by molar-refractivity contribution is -0.141. The van der Waals surface area contributed by atoms with Crippen LogP contribution >= 0.6 is 0 Å². The SMILES string of the molecule is O=C(O)C1Cc2ccccc2N(C(=O)C2CCCCO2)C1. The van der Waals surface area contributed by atoms with Crippen LogP contribution in [-0.2, 0) is 20.7 Å². The molecular weight excluding hydrogens is 270 g/mol. The number of carbonyl (C=O) groups excluding carboxylic acids is 1. The van der Waals surface area contributed by atoms with Crippen molar-refractivity contribution in [3.8, 4) is 0 Å². The van der Waals surface area contributed by atoms with Gasteiger partial charge in [0.1, 0.15) is 6.10 Å². The average molecular weight is 289 g/mol. The highest BCUT2D eigenvalue weighted by atomic mass is 16.5. The van der Waals surface area contributed by atoms with Gasteiger partial charge in [-0.1, -0.05) is 18.2 Å². The fourth-order valence-corrected chi connectivity index (χ4v) is 3.08. The van der Waals surface area contributed by atoms with E-state index in [4.69, 9.17) is 4.74 Å². The number of ether oxygens (including phenoxy) is 1. The van der Waals surface area contributed by atoms with Gasteiger partial charge in [0.25, 0.3) is 5.91 Å². The second-order valence-electron chi connectivity index (χ2n) is 5.67. The van der Waals surface area contributed by atoms with Gasteiger partial charge in [0.15, 0.2) is 0 Å². The maximum atomic E-state index is 12.7. The second kappa shape index (κ2) is 5.85. The van der Waals surface area contributed by atoms with E-state index >= 15 is 0 Å². The van der Waals surface area contributed by atoms with Crippen molar-refractivity contribution < 1.29 is 19.4 Å². The Bertz CT molecular complexity index is 551. The lowest BCUT2D eigenvalue weighted by Crippen LogP contribution is -2.48. The highest BCUT2D eigenvalue weighted by molar-refractivity contribution is 5.98. The minimum atomic E-state index is -0.855. The number of hydrogen-bond donors (Lipinski definition) is 1. The monoisotopic (exact) mass is 289 g/mol. The minimum Gasteiger partial charge on any atom is -0.481 e. The van der Waals surface area contributed by atoms with E-state index < -0.39 is 18.0 Å². The molecule has 0 aliphatic carbocycles. The lowest BCUT2D eigenvalue weighted by Gasteiger charge is -2.35. The average Bonchev–Trinajstić information content (AvgIpc) is 2.54. The molecule has 2 heterocycles. The number of hydrogen-bond acceptors (Lipinski definition) is 3. The van der Waals surface area contributed by atoms with Crippen molar-refractivity contribution in [1.82, 2.24) is 0 Å². The smallest absolute Gasteiger partial charge is 0.308 e. The van der Waals surface area contributed by atoms with Gasteiger partial charge in [-0.05, 0) is 37.3 Å². The molecule has 2 aliphatic heterocycles. The van der Waals surface area contributed by atoms with Crippen LogP contribution in [0.4, 0.5) is 5.69 Å². The number of anilines is 1. The summed E-state index contributed by atoms with van der Waals surface area (Å²) < 4.78 is 5.57. The molecule has 21 heavy (non-hydrogen) atoms. The Morgan fingerprint density at radius 1 is 1.24 bits per heavy atom. The van der Waals surface area contributed by atoms with Gasteiger partial charge in [-0.2, -0.15) is 0 Å². The molecule has 5 heteroatoms. The molecule has 1 N–H and O–H groups in total. The van der Waals surface area contributed by atoms with Crippen molar-refractivity contribution in [1.29, 1.82) is 0 Å². The molecule has 0 radical (unpaired) electrons. The molecule has 1 fully saturated rings. The summed E-state index contributed by atoms with van der Waals surface area (Å²) in [6.45, 7) is 0.833. The number of rotatable bonds is 2. The van der Waals surface area contributed by atoms with E-state index in [1.54, 1.807) is 4.90 Å². The van der Waals surface area contributed by atoms with E-state index in [1.165, 1.54) is 0 Å². The van der Waals surface area contributed by atoms with Crippen molar-refractivity contribution >= 4 is 17.6 Å². The van der Waals surface area contributed by atoms with Crippen LogP contribution in [0, 0.1) is 5.92 Å². The fraction of sp³-hybridized carbons (Fsp3) is 0.500. The van der Waals surface area contributed by atoms with Crippen LogP contribution in [0.5, 0.6) is 0 Å². The number of amides is 1. The third kappa shape index (κ3) is 2.78. The summed E-state index contributed by atoms with van der Waals surface area (Å²) >= 11 is 0. The van der Waals surface area contributed by atoms with Gasteiger partial charge in [0, 0.05) is 18.8 Å². The summed E-state index contributed by atoms with van der Waals surface area (Å²) in [5.41, 5.74) is 1.74. The van der Waals surface area contributed by atoms with Gasteiger partial charge in [-0.3, -0.25) is 9.59 Å². The van der Waals surface area contributed by atoms with Gasteiger partial charge in [-0.25, -0.2) is 0 Å². The molecule has 0 saturated carbocycles. The molecule has 0 spiro atoms. The van der Waals surface area contributed by atoms with E-state index in [2.05, 4.69) is 0 Å². The Morgan fingerprint density at radius 3 is 2.76 bits per heavy atom. The third-order valence-corrected chi connectivity index (χ3v) is 4.22. The highest BCUT2D eigenvalue weighted by Crippen LogP contribution is 2.31. The first kappa shape index (κ1) is 14.1. The second-order valence-corrected chi connectivity index (χ2v) is 5.67. The standard InChI is InChI=1S/C16H19NO4/c18-15(14-7-3-4-8-21-14)17-10-12(16(19)20)9-11-5-1-2-6-13(11)17/h1-2,5-6,12,14H,3-4,7-10H2,(H,19,20). The molecule has 2 aliphatic rings. The molecule has 1 amide bonds. The minimum absolute atomic E-state index is 0.104. The summed E-state index contributed by atoms with van der Waals surface area (Å²) in [5, 5.41) is 9.30. The van der Waals surface area contributed by atoms with E-state index in [0.29, 0.717) is 13.0 Å². The van der Waals surface area contributed by atoms with Crippen LogP contribution in [0.25, 0.3) is 0 Å². The molecule has 1 aromatic carbocycles. The lowest BCUT2D eigenvalue weighted by atomic mass is 9.92. The quantitative estimate of drug-likeness (QED) is 0.902. The maximum absolute atomic E-state index is 12.7. The summed E-state index contributed by atoms with van der Waals surface area (Å²) in [6, 6.07) is 7.53. The fourth-order valence-electron chi connectivity index (χ4n) is 3.08. The van der Waals surface area contributed by atoms with Crippen LogP contribution in [-0.4, -0.2) is 36.2 Å². The van der Waals surface area contributed by atoms with E-state index in [0.717, 1.165) is 30.5 Å². The number of para-hydroxylation sites is 1. The van der Waals surface area contributed by atoms with Crippen molar-refractivity contribution in [2.45, 2.75) is 31.8 Å². The molecule has 3 rings (SSSR count). The zero-order valence-electron chi connectivity index (χ0n) is 11.8. The predicted molar refractivity (Wildman–Crippen MR) is 77.2 cm³/mol. The molecule has 1 saturated heterocycles. The molecule has 1 aromatic rings. The molecule has 2 unspecified atom stereocenters. The third-order valence-electron chi connectivity index (χ3n) is 4.22. The Labute approximate surface area is 123 Å². The zero-order valence-corrected chi connectivity index (χ0v) is 11.8. The topological polar surface area (TPSA) is 66.8 Å². The van der Waals surface area contributed by atoms with Crippen LogP contribution in [0.3, 0.4) is 0 Å². The Balaban J connectivity index is 1.88. The van der Waals surface area contributed by atoms with Gasteiger partial charge in [-0.15, -0.1) is 0 Å². The van der Waals surface area contributed by atoms with Crippen molar-refractivity contribution in [3.63, 3.8) is 0 Å². The molecule has 5 nitrogen and oxygen atoms in total. The van der Waals surface area contributed by atoms with Gasteiger partial charge < -0.3 is 14.7 Å². The van der Waals surface area contributed by atoms with Gasteiger partial charge >= 0.3 is 5.97 Å². The molecule has 0 aromatic heterocycles.